The first-order valence-corrected chi connectivity index (χ1v) is 5.72. The number of hydrogen-bond donors (Lipinski definition) is 2. The molecule has 0 saturated carbocycles. The third-order valence-electron chi connectivity index (χ3n) is 3.23. The van der Waals surface area contributed by atoms with Gasteiger partial charge in [0.15, 0.2) is 0 Å². The van der Waals surface area contributed by atoms with E-state index in [0.717, 1.165) is 17.3 Å². The Hall–Kier alpha value is -1.97. The highest BCUT2D eigenvalue weighted by Crippen LogP contribution is 2.36. The minimum atomic E-state index is -0.441. The van der Waals surface area contributed by atoms with Gasteiger partial charge in [-0.05, 0) is 30.0 Å². The minimum Gasteiger partial charge on any atom is -0.492 e. The Balaban J connectivity index is 2.33. The maximum atomic E-state index is 11.4. The lowest BCUT2D eigenvalue weighted by atomic mass is 10.0. The van der Waals surface area contributed by atoms with Crippen molar-refractivity contribution in [3.63, 3.8) is 0 Å². The highest BCUT2D eigenvalue weighted by Gasteiger charge is 2.22. The van der Waals surface area contributed by atoms with Crippen molar-refractivity contribution in [3.8, 4) is 5.75 Å². The number of aromatic nitrogens is 1. The molecule has 2 heterocycles. The number of nitrogens with two attached hydrogens (primary N) is 1. The number of H-pyrrole nitrogens is 1. The summed E-state index contributed by atoms with van der Waals surface area (Å²) >= 11 is 0. The molecule has 4 heteroatoms. The Morgan fingerprint density at radius 1 is 1.53 bits per heavy atom. The van der Waals surface area contributed by atoms with E-state index in [1.54, 1.807) is 6.07 Å². The van der Waals surface area contributed by atoms with Crippen molar-refractivity contribution in [1.29, 1.82) is 0 Å². The van der Waals surface area contributed by atoms with Gasteiger partial charge < -0.3 is 15.5 Å². The highest BCUT2D eigenvalue weighted by molar-refractivity contribution is 6.03. The number of ether oxygens (including phenoxy) is 1. The van der Waals surface area contributed by atoms with Gasteiger partial charge in [-0.25, -0.2) is 0 Å². The second kappa shape index (κ2) is 3.52. The van der Waals surface area contributed by atoms with Crippen LogP contribution in [0.1, 0.15) is 22.8 Å². The first kappa shape index (κ1) is 10.2. The van der Waals surface area contributed by atoms with Crippen LogP contribution in [0.3, 0.4) is 0 Å². The van der Waals surface area contributed by atoms with E-state index < -0.39 is 5.91 Å². The molecule has 2 aromatic rings. The van der Waals surface area contributed by atoms with Gasteiger partial charge in [-0.2, -0.15) is 0 Å². The Morgan fingerprint density at radius 2 is 2.35 bits per heavy atom. The molecule has 1 aromatic heterocycles. The van der Waals surface area contributed by atoms with E-state index in [4.69, 9.17) is 10.5 Å². The summed E-state index contributed by atoms with van der Waals surface area (Å²) in [6, 6.07) is 3.60. The van der Waals surface area contributed by atoms with E-state index in [-0.39, 0.29) is 0 Å². The van der Waals surface area contributed by atoms with E-state index in [0.29, 0.717) is 23.8 Å². The Labute approximate surface area is 98.8 Å². The molecule has 3 N–H and O–H groups in total. The van der Waals surface area contributed by atoms with Crippen LogP contribution in [-0.2, 0) is 6.42 Å². The molecule has 0 bridgehead atoms. The molecule has 88 valence electrons. The molecule has 1 aromatic carbocycles. The van der Waals surface area contributed by atoms with Crippen LogP contribution < -0.4 is 10.5 Å². The van der Waals surface area contributed by atoms with Crippen LogP contribution in [0.2, 0.25) is 0 Å². The maximum absolute atomic E-state index is 11.4. The molecule has 1 aliphatic heterocycles. The van der Waals surface area contributed by atoms with E-state index in [1.807, 2.05) is 12.3 Å². The van der Waals surface area contributed by atoms with Crippen molar-refractivity contribution in [2.75, 3.05) is 6.61 Å². The first-order valence-electron chi connectivity index (χ1n) is 5.72. The number of carbonyl (C=O) groups is 1. The van der Waals surface area contributed by atoms with Crippen LogP contribution in [0, 0.1) is 5.92 Å². The number of rotatable bonds is 1. The van der Waals surface area contributed by atoms with E-state index in [2.05, 4.69) is 11.9 Å². The van der Waals surface area contributed by atoms with Gasteiger partial charge in [0.05, 0.1) is 12.2 Å². The fraction of sp³-hybridized carbons (Fsp3) is 0.308. The summed E-state index contributed by atoms with van der Waals surface area (Å²) in [6.07, 6.45) is 2.94. The maximum Gasteiger partial charge on any atom is 0.252 e. The largest absolute Gasteiger partial charge is 0.492 e. The summed E-state index contributed by atoms with van der Waals surface area (Å²) in [7, 11) is 0. The third kappa shape index (κ3) is 1.48. The lowest BCUT2D eigenvalue weighted by molar-refractivity contribution is 0.0996. The van der Waals surface area contributed by atoms with E-state index in [1.165, 1.54) is 5.56 Å². The molecule has 0 spiro atoms. The fourth-order valence-corrected chi connectivity index (χ4v) is 2.42. The zero-order valence-corrected chi connectivity index (χ0v) is 9.62. The van der Waals surface area contributed by atoms with Crippen molar-refractivity contribution < 1.29 is 9.53 Å². The molecule has 1 aliphatic rings. The second-order valence-electron chi connectivity index (χ2n) is 4.66. The Kier molecular flexibility index (Phi) is 2.11. The zero-order valence-electron chi connectivity index (χ0n) is 9.62. The lowest BCUT2D eigenvalue weighted by Gasteiger charge is -2.10. The molecule has 0 radical (unpaired) electrons. The number of carbonyl (C=O) groups excluding carboxylic acids is 1. The van der Waals surface area contributed by atoms with Crippen LogP contribution in [0.5, 0.6) is 5.75 Å². The fourth-order valence-electron chi connectivity index (χ4n) is 2.42. The molecule has 0 aliphatic carbocycles. The predicted octanol–water partition coefficient (Wildman–Crippen LogP) is 1.84. The number of primary amides is 1. The molecule has 17 heavy (non-hydrogen) atoms. The van der Waals surface area contributed by atoms with E-state index in [9.17, 15) is 4.79 Å². The standard InChI is InChI=1S/C13H14N2O2/c1-7-4-8-5-15-10-3-2-9(13(14)16)12(11(8)10)17-6-7/h2-3,5,7,15H,4,6H2,1H3,(H2,14,16). The SMILES string of the molecule is CC1COc2c(C(N)=O)ccc3[nH]cc(c23)C1. The van der Waals surface area contributed by atoms with Gasteiger partial charge in [-0.1, -0.05) is 6.92 Å². The molecule has 1 unspecified atom stereocenters. The number of amides is 1. The summed E-state index contributed by atoms with van der Waals surface area (Å²) < 4.78 is 5.76. The molecule has 1 atom stereocenters. The molecule has 3 rings (SSSR count). The van der Waals surface area contributed by atoms with Crippen LogP contribution in [-0.4, -0.2) is 17.5 Å². The summed E-state index contributed by atoms with van der Waals surface area (Å²) in [5.74, 6) is 0.626. The summed E-state index contributed by atoms with van der Waals surface area (Å²) in [4.78, 5) is 14.6. The Bertz CT molecular complexity index is 601. The average molecular weight is 230 g/mol. The van der Waals surface area contributed by atoms with Gasteiger partial charge >= 0.3 is 0 Å². The predicted molar refractivity (Wildman–Crippen MR) is 65.2 cm³/mol. The van der Waals surface area contributed by atoms with Gasteiger partial charge in [-0.3, -0.25) is 4.79 Å². The summed E-state index contributed by atoms with van der Waals surface area (Å²) in [5.41, 5.74) is 8.04. The average Bonchev–Trinajstić information content (AvgIpc) is 2.60. The van der Waals surface area contributed by atoms with Crippen LogP contribution >= 0.6 is 0 Å². The molecular weight excluding hydrogens is 216 g/mol. The third-order valence-corrected chi connectivity index (χ3v) is 3.23. The smallest absolute Gasteiger partial charge is 0.252 e. The van der Waals surface area contributed by atoms with Gasteiger partial charge in [0.2, 0.25) is 0 Å². The number of aromatic amines is 1. The topological polar surface area (TPSA) is 68.1 Å². The lowest BCUT2D eigenvalue weighted by Crippen LogP contribution is -2.14. The summed E-state index contributed by atoms with van der Waals surface area (Å²) in [6.45, 7) is 2.75. The number of benzene rings is 1. The highest BCUT2D eigenvalue weighted by atomic mass is 16.5. The first-order chi connectivity index (χ1) is 8.16. The minimum absolute atomic E-state index is 0.433. The van der Waals surface area contributed by atoms with Crippen LogP contribution in [0.25, 0.3) is 10.9 Å². The summed E-state index contributed by atoms with van der Waals surface area (Å²) in [5, 5.41) is 1.01. The van der Waals surface area contributed by atoms with Crippen molar-refractivity contribution >= 4 is 16.8 Å². The molecule has 0 fully saturated rings. The zero-order chi connectivity index (χ0) is 12.0. The molecule has 1 amide bonds. The van der Waals surface area contributed by atoms with Gasteiger partial charge in [0.1, 0.15) is 5.75 Å². The van der Waals surface area contributed by atoms with Crippen molar-refractivity contribution in [3.05, 3.63) is 29.5 Å². The second-order valence-corrected chi connectivity index (χ2v) is 4.66. The van der Waals surface area contributed by atoms with Gasteiger partial charge in [0, 0.05) is 17.1 Å². The number of nitrogens with one attached hydrogen (secondary N) is 1. The van der Waals surface area contributed by atoms with Gasteiger partial charge in [-0.15, -0.1) is 0 Å². The van der Waals surface area contributed by atoms with Crippen molar-refractivity contribution in [2.24, 2.45) is 11.7 Å². The van der Waals surface area contributed by atoms with Crippen LogP contribution in [0.4, 0.5) is 0 Å². The molecule has 0 saturated heterocycles. The van der Waals surface area contributed by atoms with Crippen LogP contribution in [0.15, 0.2) is 18.3 Å². The van der Waals surface area contributed by atoms with E-state index >= 15 is 0 Å². The monoisotopic (exact) mass is 230 g/mol. The van der Waals surface area contributed by atoms with Gasteiger partial charge in [0.25, 0.3) is 5.91 Å². The molecule has 4 nitrogen and oxygen atoms in total. The van der Waals surface area contributed by atoms with Crippen molar-refractivity contribution in [1.82, 2.24) is 4.98 Å². The number of hydrogen-bond acceptors (Lipinski definition) is 2. The van der Waals surface area contributed by atoms with Crippen molar-refractivity contribution in [2.45, 2.75) is 13.3 Å². The quantitative estimate of drug-likeness (QED) is 0.784. The normalized spacial score (nSPS) is 18.8. The Morgan fingerprint density at radius 3 is 3.12 bits per heavy atom. The molecular formula is C13H14N2O2.